The molecule has 2 atom stereocenters. The Balaban J connectivity index is 1.01. The van der Waals surface area contributed by atoms with Gasteiger partial charge in [-0.25, -0.2) is 9.97 Å². The molecule has 2 amide bonds. The molecule has 55 heavy (non-hydrogen) atoms. The lowest BCUT2D eigenvalue weighted by Crippen LogP contribution is -2.36. The molecular formula is C42H41Cl2N7O4. The van der Waals surface area contributed by atoms with Crippen LogP contribution in [0.5, 0.6) is 5.88 Å². The van der Waals surface area contributed by atoms with Crippen molar-refractivity contribution in [3.05, 3.63) is 115 Å². The van der Waals surface area contributed by atoms with Crippen molar-refractivity contribution < 1.29 is 14.3 Å². The van der Waals surface area contributed by atoms with Gasteiger partial charge in [-0.2, -0.15) is 0 Å². The second-order valence-corrected chi connectivity index (χ2v) is 15.1. The van der Waals surface area contributed by atoms with Crippen molar-refractivity contribution >= 4 is 52.3 Å². The summed E-state index contributed by atoms with van der Waals surface area (Å²) in [6.07, 6.45) is 9.78. The molecule has 2 aromatic carbocycles. The minimum absolute atomic E-state index is 0.0670. The Bertz CT molecular complexity index is 2410. The highest BCUT2D eigenvalue weighted by atomic mass is 35.5. The van der Waals surface area contributed by atoms with Crippen LogP contribution in [0.1, 0.15) is 60.1 Å². The fraction of sp³-hybridized carbons (Fsp3) is 0.310. The molecule has 11 nitrogen and oxygen atoms in total. The number of ether oxygens (including phenoxy) is 1. The molecule has 0 radical (unpaired) electrons. The van der Waals surface area contributed by atoms with Gasteiger partial charge in [0.25, 0.3) is 5.56 Å². The number of carbonyl (C=O) groups excluding carboxylic acids is 2. The van der Waals surface area contributed by atoms with E-state index < -0.39 is 0 Å². The topological polar surface area (TPSA) is 139 Å². The Hall–Kier alpha value is -5.07. The third-order valence-corrected chi connectivity index (χ3v) is 11.4. The highest BCUT2D eigenvalue weighted by Gasteiger charge is 2.24. The molecule has 0 saturated carbocycles. The van der Waals surface area contributed by atoms with Crippen LogP contribution >= 0.6 is 23.2 Å². The van der Waals surface area contributed by atoms with Gasteiger partial charge in [-0.05, 0) is 77.8 Å². The Morgan fingerprint density at radius 3 is 2.20 bits per heavy atom. The predicted octanol–water partition coefficient (Wildman–Crippen LogP) is 5.96. The van der Waals surface area contributed by atoms with Gasteiger partial charge in [0.1, 0.15) is 5.65 Å². The number of aromatic nitrogens is 3. The molecule has 0 bridgehead atoms. The number of hydrogen-bond acceptors (Lipinski definition) is 8. The molecule has 0 spiro atoms. The summed E-state index contributed by atoms with van der Waals surface area (Å²) in [7, 11) is 1.61. The number of benzene rings is 2. The van der Waals surface area contributed by atoms with Gasteiger partial charge in [0.2, 0.25) is 17.7 Å². The number of halogens is 2. The number of pyridine rings is 2. The lowest BCUT2D eigenvalue weighted by atomic mass is 9.93. The molecule has 1 aliphatic carbocycles. The van der Waals surface area contributed by atoms with Crippen molar-refractivity contribution in [3.63, 3.8) is 0 Å². The van der Waals surface area contributed by atoms with Crippen LogP contribution in [0.15, 0.2) is 71.8 Å². The van der Waals surface area contributed by atoms with Crippen LogP contribution in [0, 0.1) is 0 Å². The van der Waals surface area contributed by atoms with Crippen LogP contribution in [0.25, 0.3) is 39.6 Å². The summed E-state index contributed by atoms with van der Waals surface area (Å²) < 4.78 is 7.21. The van der Waals surface area contributed by atoms with E-state index in [1.807, 2.05) is 42.5 Å². The van der Waals surface area contributed by atoms with Gasteiger partial charge in [-0.1, -0.05) is 59.6 Å². The van der Waals surface area contributed by atoms with E-state index in [0.717, 1.165) is 64.6 Å². The Morgan fingerprint density at radius 1 is 0.836 bits per heavy atom. The first kappa shape index (κ1) is 36.9. The van der Waals surface area contributed by atoms with Gasteiger partial charge in [-0.3, -0.25) is 18.8 Å². The van der Waals surface area contributed by atoms with Crippen molar-refractivity contribution in [2.45, 2.75) is 63.7 Å². The number of hydrogen-bond donors (Lipinski definition) is 4. The summed E-state index contributed by atoms with van der Waals surface area (Å²) >= 11 is 14.0. The number of fused-ring (bicyclic) bond motifs is 2. The van der Waals surface area contributed by atoms with E-state index in [-0.39, 0.29) is 29.5 Å². The number of amides is 2. The van der Waals surface area contributed by atoms with Crippen LogP contribution in [0.2, 0.25) is 10.0 Å². The van der Waals surface area contributed by atoms with Gasteiger partial charge in [0.05, 0.1) is 22.8 Å². The zero-order valence-corrected chi connectivity index (χ0v) is 31.9. The summed E-state index contributed by atoms with van der Waals surface area (Å²) in [5, 5.41) is 13.7. The number of nitrogens with zero attached hydrogens (tertiary/aromatic N) is 3. The standard InChI is InChI=1S/C42H41Cl2N7O4/c1-55-41-26(19-45-22-28-9-12-38(52)48-28)16-35(43)36(50-41)17-24-8-11-33-30(24)4-2-6-32(33)34-7-3-5-31(40(34)44)25-14-15-51-37(18-25)47-21-27(42(51)54)20-46-23-29-10-13-39(53)49-29/h2-7,14-18,21,28-29,45-46H,8-13,19-20,22-23H2,1H3,(H,48,52)(H,49,53)/b24-17+/t28-,29-/m0/s1. The summed E-state index contributed by atoms with van der Waals surface area (Å²) in [4.78, 5) is 45.8. The van der Waals surface area contributed by atoms with Crippen molar-refractivity contribution in [3.8, 4) is 28.1 Å². The minimum atomic E-state index is -0.141. The molecule has 282 valence electrons. The molecule has 0 unspecified atom stereocenters. The molecule has 8 rings (SSSR count). The molecule has 2 fully saturated rings. The van der Waals surface area contributed by atoms with E-state index in [9.17, 15) is 14.4 Å². The van der Waals surface area contributed by atoms with Gasteiger partial charge >= 0.3 is 0 Å². The van der Waals surface area contributed by atoms with E-state index in [4.69, 9.17) is 32.9 Å². The zero-order chi connectivity index (χ0) is 38.1. The summed E-state index contributed by atoms with van der Waals surface area (Å²) in [5.74, 6) is 0.668. The van der Waals surface area contributed by atoms with E-state index in [2.05, 4.69) is 44.5 Å². The third-order valence-electron chi connectivity index (χ3n) is 10.7. The number of carbonyl (C=O) groups is 2. The number of rotatable bonds is 12. The van der Waals surface area contributed by atoms with Crippen LogP contribution in [0.3, 0.4) is 0 Å². The molecule has 4 N–H and O–H groups in total. The molecule has 13 heteroatoms. The first-order chi connectivity index (χ1) is 26.7. The van der Waals surface area contributed by atoms with Crippen LogP contribution in [-0.2, 0) is 29.1 Å². The summed E-state index contributed by atoms with van der Waals surface area (Å²) in [5.41, 5.74) is 9.59. The second kappa shape index (κ2) is 16.0. The van der Waals surface area contributed by atoms with Crippen LogP contribution < -0.4 is 31.6 Å². The van der Waals surface area contributed by atoms with E-state index in [0.29, 0.717) is 71.9 Å². The second-order valence-electron chi connectivity index (χ2n) is 14.3. The largest absolute Gasteiger partial charge is 0.481 e. The first-order valence-corrected chi connectivity index (χ1v) is 19.4. The van der Waals surface area contributed by atoms with E-state index >= 15 is 0 Å². The lowest BCUT2D eigenvalue weighted by Gasteiger charge is -2.15. The van der Waals surface area contributed by atoms with Gasteiger partial charge < -0.3 is 26.0 Å². The zero-order valence-electron chi connectivity index (χ0n) is 30.4. The Morgan fingerprint density at radius 2 is 1.51 bits per heavy atom. The Kier molecular flexibility index (Phi) is 10.7. The first-order valence-electron chi connectivity index (χ1n) is 18.6. The quantitative estimate of drug-likeness (QED) is 0.122. The monoisotopic (exact) mass is 777 g/mol. The van der Waals surface area contributed by atoms with Crippen molar-refractivity contribution in [1.29, 1.82) is 0 Å². The minimum Gasteiger partial charge on any atom is -0.481 e. The average Bonchev–Trinajstić information content (AvgIpc) is 3.93. The smallest absolute Gasteiger partial charge is 0.262 e. The van der Waals surface area contributed by atoms with Gasteiger partial charge in [-0.15, -0.1) is 0 Å². The third kappa shape index (κ3) is 7.75. The van der Waals surface area contributed by atoms with Crippen molar-refractivity contribution in [1.82, 2.24) is 35.6 Å². The highest BCUT2D eigenvalue weighted by Crippen LogP contribution is 2.44. The van der Waals surface area contributed by atoms with E-state index in [1.54, 1.807) is 23.9 Å². The van der Waals surface area contributed by atoms with Gasteiger partial charge in [0.15, 0.2) is 0 Å². The fourth-order valence-corrected chi connectivity index (χ4v) is 8.40. The number of nitrogens with one attached hydrogen (secondary N) is 4. The fourth-order valence-electron chi connectivity index (χ4n) is 7.83. The molecule has 5 heterocycles. The van der Waals surface area contributed by atoms with Crippen LogP contribution in [0.4, 0.5) is 0 Å². The van der Waals surface area contributed by atoms with Crippen LogP contribution in [-0.4, -0.2) is 58.5 Å². The van der Waals surface area contributed by atoms with Gasteiger partial charge in [0, 0.05) is 85.8 Å². The van der Waals surface area contributed by atoms with Crippen molar-refractivity contribution in [2.24, 2.45) is 0 Å². The molecule has 2 saturated heterocycles. The van der Waals surface area contributed by atoms with Crippen molar-refractivity contribution in [2.75, 3.05) is 20.2 Å². The molecule has 5 aromatic rings. The normalized spacial score (nSPS) is 18.6. The predicted molar refractivity (Wildman–Crippen MR) is 215 cm³/mol. The Labute approximate surface area is 328 Å². The maximum absolute atomic E-state index is 13.3. The SMILES string of the molecule is COc1nc(/C=C2\CCc3c2cccc3-c2cccc(-c3ccn4c(=O)c(CNC[C@@H]5CCC(=O)N5)cnc4c3)c2Cl)c(Cl)cc1CNC[C@@H]1CCC(=O)N1. The molecule has 3 aromatic heterocycles. The maximum Gasteiger partial charge on any atom is 0.262 e. The maximum atomic E-state index is 13.3. The number of allylic oxidation sites excluding steroid dienone is 1. The number of methoxy groups -OCH3 is 1. The lowest BCUT2D eigenvalue weighted by molar-refractivity contribution is -0.120. The molecule has 3 aliphatic rings. The molecular weight excluding hydrogens is 737 g/mol. The van der Waals surface area contributed by atoms with E-state index in [1.165, 1.54) is 5.56 Å². The average molecular weight is 779 g/mol. The summed E-state index contributed by atoms with van der Waals surface area (Å²) in [6.45, 7) is 2.14. The highest BCUT2D eigenvalue weighted by molar-refractivity contribution is 6.36. The summed E-state index contributed by atoms with van der Waals surface area (Å²) in [6, 6.07) is 18.2. The molecule has 2 aliphatic heterocycles.